The molecule has 0 aliphatic carbocycles. The first kappa shape index (κ1) is 23.0. The van der Waals surface area contributed by atoms with Crippen LogP contribution in [0.1, 0.15) is 17.5 Å². The van der Waals surface area contributed by atoms with Gasteiger partial charge < -0.3 is 25.9 Å². The van der Waals surface area contributed by atoms with E-state index in [1.165, 1.54) is 19.4 Å². The van der Waals surface area contributed by atoms with Gasteiger partial charge in [0.2, 0.25) is 5.90 Å². The number of fused-ring (bicyclic) bond motifs is 1. The Hall–Kier alpha value is -3.69. The fourth-order valence-corrected chi connectivity index (χ4v) is 3.01. The third-order valence-electron chi connectivity index (χ3n) is 4.61. The summed E-state index contributed by atoms with van der Waals surface area (Å²) >= 11 is 0. The van der Waals surface area contributed by atoms with Crippen LogP contribution in [0.25, 0.3) is 16.7 Å². The highest BCUT2D eigenvalue weighted by Crippen LogP contribution is 2.22. The van der Waals surface area contributed by atoms with Crippen molar-refractivity contribution in [3.63, 3.8) is 0 Å². The molecule has 0 spiro atoms. The maximum atomic E-state index is 14.6. The van der Waals surface area contributed by atoms with Crippen LogP contribution < -0.4 is 22.1 Å². The van der Waals surface area contributed by atoms with Crippen molar-refractivity contribution in [1.82, 2.24) is 10.3 Å². The number of nitrogens with one attached hydrogen (secondary N) is 2. The first-order chi connectivity index (χ1) is 15.5. The third kappa shape index (κ3) is 5.71. The zero-order valence-electron chi connectivity index (χ0n) is 17.9. The number of halogens is 1. The molecule has 0 fully saturated rings. The van der Waals surface area contributed by atoms with E-state index in [0.717, 1.165) is 13.0 Å². The summed E-state index contributed by atoms with van der Waals surface area (Å²) in [5, 5.41) is 6.04. The summed E-state index contributed by atoms with van der Waals surface area (Å²) in [6.45, 7) is 5.58. The summed E-state index contributed by atoms with van der Waals surface area (Å²) in [5.74, 6) is 0.0178. The molecule has 2 aromatic carbocycles. The fraction of sp³-hybridized carbons (Fsp3) is 0.217. The maximum absolute atomic E-state index is 14.6. The van der Waals surface area contributed by atoms with Gasteiger partial charge in [0, 0.05) is 18.3 Å². The van der Waals surface area contributed by atoms with Gasteiger partial charge in [-0.1, -0.05) is 30.8 Å². The molecule has 0 aliphatic rings. The van der Waals surface area contributed by atoms with Crippen molar-refractivity contribution in [3.8, 4) is 0 Å². The van der Waals surface area contributed by atoms with Crippen molar-refractivity contribution < 1.29 is 13.5 Å². The number of oxazole rings is 1. The molecule has 32 heavy (non-hydrogen) atoms. The molecule has 3 aromatic rings. The molecule has 0 aliphatic heterocycles. The molecule has 3 rings (SSSR count). The van der Waals surface area contributed by atoms with Crippen LogP contribution in [-0.2, 0) is 11.3 Å². The normalized spacial score (nSPS) is 12.2. The fourth-order valence-electron chi connectivity index (χ4n) is 3.01. The van der Waals surface area contributed by atoms with E-state index in [4.69, 9.17) is 20.6 Å². The molecule has 1 heterocycles. The number of para-hydroxylation sites is 2. The summed E-state index contributed by atoms with van der Waals surface area (Å²) in [4.78, 5) is 8.64. The average Bonchev–Trinajstić information content (AvgIpc) is 3.19. The molecule has 8 nitrogen and oxygen atoms in total. The van der Waals surface area contributed by atoms with Gasteiger partial charge in [-0.15, -0.1) is 0 Å². The zero-order valence-corrected chi connectivity index (χ0v) is 17.9. The molecule has 9 heteroatoms. The van der Waals surface area contributed by atoms with Gasteiger partial charge in [-0.3, -0.25) is 5.32 Å². The standard InChI is InChI=1S/C23H27FN6O2/c1-15(29-23-30-20-6-3-4-7-21(20)32-23)28-22(31-2)18(13-26)16-8-9-17(19(24)12-16)14-27-11-5-10-25/h3-4,6-9,12-13,27H,1,5,10-11,14,25-26H2,2H3,(H,29,30)/b18-13-,28-22+. The number of benzene rings is 2. The van der Waals surface area contributed by atoms with Gasteiger partial charge in [0.1, 0.15) is 17.2 Å². The van der Waals surface area contributed by atoms with Crippen LogP contribution in [0, 0.1) is 5.82 Å². The second kappa shape index (κ2) is 11.1. The Bertz CT molecular complexity index is 1110. The molecule has 0 saturated heterocycles. The number of aromatic nitrogens is 1. The maximum Gasteiger partial charge on any atom is 0.301 e. The number of hydrogen-bond acceptors (Lipinski definition) is 8. The van der Waals surface area contributed by atoms with Gasteiger partial charge in [0.05, 0.1) is 12.7 Å². The minimum Gasteiger partial charge on any atom is -0.480 e. The van der Waals surface area contributed by atoms with Gasteiger partial charge in [-0.25, -0.2) is 4.39 Å². The van der Waals surface area contributed by atoms with Crippen LogP contribution in [0.3, 0.4) is 0 Å². The minimum atomic E-state index is -0.360. The van der Waals surface area contributed by atoms with E-state index >= 15 is 0 Å². The highest BCUT2D eigenvalue weighted by Gasteiger charge is 2.14. The molecule has 0 radical (unpaired) electrons. The van der Waals surface area contributed by atoms with E-state index in [-0.39, 0.29) is 23.6 Å². The zero-order chi connectivity index (χ0) is 22.9. The number of rotatable bonds is 10. The largest absolute Gasteiger partial charge is 0.480 e. The molecule has 0 amide bonds. The number of hydrogen-bond donors (Lipinski definition) is 4. The van der Waals surface area contributed by atoms with E-state index in [2.05, 4.69) is 27.2 Å². The highest BCUT2D eigenvalue weighted by atomic mass is 19.1. The Balaban J connectivity index is 1.74. The number of methoxy groups -OCH3 is 1. The van der Waals surface area contributed by atoms with Crippen molar-refractivity contribution in [2.75, 3.05) is 25.5 Å². The second-order valence-corrected chi connectivity index (χ2v) is 6.89. The summed E-state index contributed by atoms with van der Waals surface area (Å²) in [7, 11) is 1.45. The molecule has 0 bridgehead atoms. The van der Waals surface area contributed by atoms with Crippen molar-refractivity contribution in [2.45, 2.75) is 13.0 Å². The van der Waals surface area contributed by atoms with Gasteiger partial charge in [0.25, 0.3) is 0 Å². The quantitative estimate of drug-likeness (QED) is 0.217. The number of nitrogens with two attached hydrogens (primary N) is 2. The summed E-state index contributed by atoms with van der Waals surface area (Å²) < 4.78 is 25.6. The molecular weight excluding hydrogens is 411 g/mol. The van der Waals surface area contributed by atoms with Gasteiger partial charge >= 0.3 is 6.01 Å². The first-order valence-electron chi connectivity index (χ1n) is 10.1. The molecule has 0 unspecified atom stereocenters. The molecule has 1 aromatic heterocycles. The predicted octanol–water partition coefficient (Wildman–Crippen LogP) is 3.33. The lowest BCUT2D eigenvalue weighted by molar-refractivity contribution is 0.408. The van der Waals surface area contributed by atoms with Crippen molar-refractivity contribution >= 4 is 28.6 Å². The monoisotopic (exact) mass is 438 g/mol. The lowest BCUT2D eigenvalue weighted by Crippen LogP contribution is -2.18. The Labute approximate surface area is 185 Å². The SMILES string of the molecule is C=C(/N=C(OC)\C(=C/N)c1ccc(CNCCCN)c(F)c1)Nc1nc2ccccc2o1. The van der Waals surface area contributed by atoms with E-state index in [1.807, 2.05) is 18.2 Å². The average molecular weight is 439 g/mol. The van der Waals surface area contributed by atoms with E-state index in [0.29, 0.717) is 40.9 Å². The van der Waals surface area contributed by atoms with Gasteiger partial charge in [0.15, 0.2) is 5.58 Å². The van der Waals surface area contributed by atoms with E-state index < -0.39 is 0 Å². The molecular formula is C23H27FN6O2. The highest BCUT2D eigenvalue weighted by molar-refractivity contribution is 6.19. The third-order valence-corrected chi connectivity index (χ3v) is 4.61. The smallest absolute Gasteiger partial charge is 0.301 e. The lowest BCUT2D eigenvalue weighted by Gasteiger charge is -2.12. The van der Waals surface area contributed by atoms with Crippen LogP contribution in [0.4, 0.5) is 10.4 Å². The molecule has 168 valence electrons. The van der Waals surface area contributed by atoms with E-state index in [9.17, 15) is 4.39 Å². The second-order valence-electron chi connectivity index (χ2n) is 6.89. The van der Waals surface area contributed by atoms with E-state index in [1.54, 1.807) is 18.2 Å². The van der Waals surface area contributed by atoms with Crippen LogP contribution in [0.15, 0.2) is 70.5 Å². The minimum absolute atomic E-state index is 0.161. The van der Waals surface area contributed by atoms with Crippen molar-refractivity contribution in [3.05, 3.63) is 78.0 Å². The first-order valence-corrected chi connectivity index (χ1v) is 10.1. The van der Waals surface area contributed by atoms with Crippen LogP contribution >= 0.6 is 0 Å². The summed E-state index contributed by atoms with van der Waals surface area (Å²) in [6.07, 6.45) is 2.14. The Kier molecular flexibility index (Phi) is 7.96. The Morgan fingerprint density at radius 2 is 2.12 bits per heavy atom. The van der Waals surface area contributed by atoms with Crippen LogP contribution in [-0.4, -0.2) is 31.1 Å². The summed E-state index contributed by atoms with van der Waals surface area (Å²) in [5.41, 5.74) is 14.1. The number of ether oxygens (including phenoxy) is 1. The Morgan fingerprint density at radius 1 is 1.31 bits per heavy atom. The van der Waals surface area contributed by atoms with Crippen molar-refractivity contribution in [1.29, 1.82) is 0 Å². The molecule has 6 N–H and O–H groups in total. The van der Waals surface area contributed by atoms with Gasteiger partial charge in [-0.05, 0) is 43.3 Å². The molecule has 0 saturated carbocycles. The predicted molar refractivity (Wildman–Crippen MR) is 125 cm³/mol. The number of nitrogens with zero attached hydrogens (tertiary/aromatic N) is 2. The number of aliphatic imine (C=N–C) groups is 1. The van der Waals surface area contributed by atoms with Crippen LogP contribution in [0.2, 0.25) is 0 Å². The topological polar surface area (TPSA) is 124 Å². The van der Waals surface area contributed by atoms with Crippen molar-refractivity contribution in [2.24, 2.45) is 16.5 Å². The van der Waals surface area contributed by atoms with Crippen LogP contribution in [0.5, 0.6) is 0 Å². The number of anilines is 1. The lowest BCUT2D eigenvalue weighted by atomic mass is 10.0. The Morgan fingerprint density at radius 3 is 2.81 bits per heavy atom. The van der Waals surface area contributed by atoms with Gasteiger partial charge in [-0.2, -0.15) is 9.98 Å². The summed E-state index contributed by atoms with van der Waals surface area (Å²) in [6, 6.07) is 12.4. The molecule has 0 atom stereocenters.